The summed E-state index contributed by atoms with van der Waals surface area (Å²) in [5, 5.41) is 8.69. The Kier molecular flexibility index (Phi) is 2.05. The molecule has 1 saturated carbocycles. The van der Waals surface area contributed by atoms with Gasteiger partial charge in [-0.2, -0.15) is 0 Å². The van der Waals surface area contributed by atoms with Crippen LogP contribution >= 0.6 is 0 Å². The van der Waals surface area contributed by atoms with E-state index in [-0.39, 0.29) is 0 Å². The molecule has 0 amide bonds. The summed E-state index contributed by atoms with van der Waals surface area (Å²) in [5.41, 5.74) is 0. The van der Waals surface area contributed by atoms with Gasteiger partial charge in [0.15, 0.2) is 0 Å². The molecule has 2 aliphatic rings. The normalized spacial score (nSPS) is 39.8. The number of rotatable bonds is 2. The van der Waals surface area contributed by atoms with Crippen molar-refractivity contribution in [3.8, 4) is 0 Å². The lowest BCUT2D eigenvalue weighted by Gasteiger charge is -2.28. The predicted molar refractivity (Wildman–Crippen MR) is 42.8 cm³/mol. The minimum atomic E-state index is -0.654. The Morgan fingerprint density at radius 2 is 1.92 bits per heavy atom. The Bertz CT molecular complexity index is 174. The summed E-state index contributed by atoms with van der Waals surface area (Å²) < 4.78 is 5.38. The highest BCUT2D eigenvalue weighted by molar-refractivity contribution is 5.67. The maximum absolute atomic E-state index is 10.5. The van der Waals surface area contributed by atoms with Gasteiger partial charge in [-0.15, -0.1) is 0 Å². The Morgan fingerprint density at radius 3 is 2.42 bits per heavy atom. The highest BCUT2D eigenvalue weighted by Crippen LogP contribution is 2.42. The number of hydrogen-bond donors (Lipinski definition) is 1. The largest absolute Gasteiger partial charge is 0.481 e. The first-order chi connectivity index (χ1) is 5.77. The molecular weight excluding hydrogens is 156 g/mol. The molecular formula is C9H14O3. The topological polar surface area (TPSA) is 46.5 Å². The molecule has 0 aromatic heterocycles. The quantitative estimate of drug-likeness (QED) is 0.675. The molecule has 2 fully saturated rings. The van der Waals surface area contributed by atoms with Crippen molar-refractivity contribution < 1.29 is 14.6 Å². The van der Waals surface area contributed by atoms with Gasteiger partial charge in [-0.3, -0.25) is 4.79 Å². The molecule has 0 aromatic rings. The van der Waals surface area contributed by atoms with Gasteiger partial charge in [-0.1, -0.05) is 0 Å². The molecule has 2 unspecified atom stereocenters. The van der Waals surface area contributed by atoms with E-state index in [0.717, 1.165) is 13.2 Å². The summed E-state index contributed by atoms with van der Waals surface area (Å²) in [6, 6.07) is 0. The standard InChI is InChI=1S/C9H14O3/c10-9(11)3-8-6-1-2-7(8)5-12-4-6/h6-8H,1-5H2,(H,10,11). The van der Waals surface area contributed by atoms with E-state index in [0.29, 0.717) is 24.2 Å². The van der Waals surface area contributed by atoms with Crippen LogP contribution in [0.15, 0.2) is 0 Å². The van der Waals surface area contributed by atoms with Crippen LogP contribution in [0, 0.1) is 17.8 Å². The van der Waals surface area contributed by atoms with Gasteiger partial charge in [-0.05, 0) is 30.6 Å². The zero-order valence-electron chi connectivity index (χ0n) is 7.03. The van der Waals surface area contributed by atoms with Crippen LogP contribution in [0.5, 0.6) is 0 Å². The summed E-state index contributed by atoms with van der Waals surface area (Å²) in [5.74, 6) is 0.801. The van der Waals surface area contributed by atoms with Crippen molar-refractivity contribution in [3.05, 3.63) is 0 Å². The maximum atomic E-state index is 10.5. The smallest absolute Gasteiger partial charge is 0.303 e. The number of hydrogen-bond acceptors (Lipinski definition) is 2. The van der Waals surface area contributed by atoms with Gasteiger partial charge in [-0.25, -0.2) is 0 Å². The average Bonchev–Trinajstić information content (AvgIpc) is 2.30. The predicted octanol–water partition coefficient (Wildman–Crippen LogP) is 1.13. The van der Waals surface area contributed by atoms with Crippen LogP contribution in [0.2, 0.25) is 0 Å². The van der Waals surface area contributed by atoms with Crippen molar-refractivity contribution in [2.75, 3.05) is 13.2 Å². The lowest BCUT2D eigenvalue weighted by Crippen LogP contribution is -2.30. The van der Waals surface area contributed by atoms with E-state index in [1.807, 2.05) is 0 Å². The summed E-state index contributed by atoms with van der Waals surface area (Å²) in [4.78, 5) is 10.5. The van der Waals surface area contributed by atoms with Gasteiger partial charge in [0.1, 0.15) is 0 Å². The Morgan fingerprint density at radius 1 is 1.33 bits per heavy atom. The molecule has 2 bridgehead atoms. The van der Waals surface area contributed by atoms with Crippen LogP contribution in [-0.2, 0) is 9.53 Å². The lowest BCUT2D eigenvalue weighted by molar-refractivity contribution is -0.140. The third kappa shape index (κ3) is 1.33. The highest BCUT2D eigenvalue weighted by Gasteiger charge is 2.40. The first kappa shape index (κ1) is 8.05. The third-order valence-electron chi connectivity index (χ3n) is 3.19. The van der Waals surface area contributed by atoms with Gasteiger partial charge in [0.25, 0.3) is 0 Å². The SMILES string of the molecule is O=C(O)CC1C2CCC1COC2. The molecule has 3 heteroatoms. The first-order valence-electron chi connectivity index (χ1n) is 4.57. The summed E-state index contributed by atoms with van der Waals surface area (Å²) in [6.45, 7) is 1.57. The summed E-state index contributed by atoms with van der Waals surface area (Å²) in [6.07, 6.45) is 2.68. The van der Waals surface area contributed by atoms with E-state index in [1.165, 1.54) is 12.8 Å². The Labute approximate surface area is 71.7 Å². The van der Waals surface area contributed by atoms with Crippen molar-refractivity contribution in [2.45, 2.75) is 19.3 Å². The molecule has 2 rings (SSSR count). The average molecular weight is 170 g/mol. The Hall–Kier alpha value is -0.570. The molecule has 1 N–H and O–H groups in total. The molecule has 1 aliphatic carbocycles. The van der Waals surface area contributed by atoms with E-state index < -0.39 is 5.97 Å². The van der Waals surface area contributed by atoms with Gasteiger partial charge >= 0.3 is 5.97 Å². The molecule has 3 nitrogen and oxygen atoms in total. The summed E-state index contributed by atoms with van der Waals surface area (Å²) >= 11 is 0. The van der Waals surface area contributed by atoms with E-state index in [2.05, 4.69) is 0 Å². The molecule has 0 aromatic carbocycles. The maximum Gasteiger partial charge on any atom is 0.303 e. The molecule has 0 radical (unpaired) electrons. The first-order valence-corrected chi connectivity index (χ1v) is 4.57. The zero-order chi connectivity index (χ0) is 8.55. The van der Waals surface area contributed by atoms with Crippen molar-refractivity contribution >= 4 is 5.97 Å². The number of carbonyl (C=O) groups is 1. The van der Waals surface area contributed by atoms with Crippen LogP contribution in [-0.4, -0.2) is 24.3 Å². The molecule has 68 valence electrons. The van der Waals surface area contributed by atoms with E-state index in [9.17, 15) is 4.79 Å². The number of aliphatic carboxylic acids is 1. The van der Waals surface area contributed by atoms with Crippen LogP contribution < -0.4 is 0 Å². The minimum absolute atomic E-state index is 0.346. The molecule has 12 heavy (non-hydrogen) atoms. The molecule has 2 atom stereocenters. The number of carboxylic acid groups (broad SMARTS) is 1. The van der Waals surface area contributed by atoms with Crippen molar-refractivity contribution in [3.63, 3.8) is 0 Å². The van der Waals surface area contributed by atoms with Crippen LogP contribution in [0.25, 0.3) is 0 Å². The fourth-order valence-corrected chi connectivity index (χ4v) is 2.56. The highest BCUT2D eigenvalue weighted by atomic mass is 16.5. The molecule has 1 saturated heterocycles. The molecule has 1 heterocycles. The van der Waals surface area contributed by atoms with Gasteiger partial charge in [0.2, 0.25) is 0 Å². The molecule has 1 aliphatic heterocycles. The second-order valence-electron chi connectivity index (χ2n) is 3.90. The van der Waals surface area contributed by atoms with E-state index in [4.69, 9.17) is 9.84 Å². The van der Waals surface area contributed by atoms with E-state index >= 15 is 0 Å². The van der Waals surface area contributed by atoms with E-state index in [1.54, 1.807) is 0 Å². The lowest BCUT2D eigenvalue weighted by atomic mass is 9.86. The Balaban J connectivity index is 2.00. The van der Waals surface area contributed by atoms with Crippen LogP contribution in [0.4, 0.5) is 0 Å². The fourth-order valence-electron chi connectivity index (χ4n) is 2.56. The summed E-state index contributed by atoms with van der Waals surface area (Å²) in [7, 11) is 0. The number of carboxylic acids is 1. The second kappa shape index (κ2) is 3.05. The number of ether oxygens (including phenoxy) is 1. The van der Waals surface area contributed by atoms with Crippen molar-refractivity contribution in [1.29, 1.82) is 0 Å². The van der Waals surface area contributed by atoms with Crippen molar-refractivity contribution in [1.82, 2.24) is 0 Å². The monoisotopic (exact) mass is 170 g/mol. The van der Waals surface area contributed by atoms with Crippen LogP contribution in [0.1, 0.15) is 19.3 Å². The van der Waals surface area contributed by atoms with Gasteiger partial charge in [0, 0.05) is 19.6 Å². The minimum Gasteiger partial charge on any atom is -0.481 e. The zero-order valence-corrected chi connectivity index (χ0v) is 7.03. The molecule has 0 spiro atoms. The second-order valence-corrected chi connectivity index (χ2v) is 3.90. The van der Waals surface area contributed by atoms with Gasteiger partial charge < -0.3 is 9.84 Å². The van der Waals surface area contributed by atoms with Crippen molar-refractivity contribution in [2.24, 2.45) is 17.8 Å². The van der Waals surface area contributed by atoms with Crippen LogP contribution in [0.3, 0.4) is 0 Å². The third-order valence-corrected chi connectivity index (χ3v) is 3.19. The van der Waals surface area contributed by atoms with Gasteiger partial charge in [0.05, 0.1) is 0 Å². The number of fused-ring (bicyclic) bond motifs is 2. The fraction of sp³-hybridized carbons (Fsp3) is 0.889.